The Morgan fingerprint density at radius 1 is 0.793 bits per heavy atom. The number of rotatable bonds is 5. The Hall–Kier alpha value is -2.34. The van der Waals surface area contributed by atoms with Crippen molar-refractivity contribution >= 4 is 55.7 Å². The second-order valence-electron chi connectivity index (χ2n) is 6.03. The molecule has 1 heterocycles. The van der Waals surface area contributed by atoms with Crippen LogP contribution in [0.25, 0.3) is 11.0 Å². The zero-order valence-electron chi connectivity index (χ0n) is 14.7. The number of hydrogen-bond acceptors (Lipinski definition) is 5. The van der Waals surface area contributed by atoms with Crippen molar-refractivity contribution < 1.29 is 18.0 Å². The summed E-state index contributed by atoms with van der Waals surface area (Å²) >= 11 is 6.77. The van der Waals surface area contributed by atoms with Crippen molar-refractivity contribution in [3.8, 4) is 11.5 Å². The minimum atomic E-state index is -4.12. The van der Waals surface area contributed by atoms with E-state index >= 15 is 0 Å². The Bertz CT molecular complexity index is 1230. The topological polar surface area (TPSA) is 65.7 Å². The molecule has 3 aromatic carbocycles. The second-order valence-corrected chi connectivity index (χ2v) is 9.64. The first-order valence-corrected chi connectivity index (χ1v) is 11.6. The molecule has 8 heteroatoms. The van der Waals surface area contributed by atoms with Crippen LogP contribution in [0.4, 0.5) is 0 Å². The fourth-order valence-corrected chi connectivity index (χ4v) is 5.63. The number of benzene rings is 3. The van der Waals surface area contributed by atoms with Crippen LogP contribution in [0.5, 0.6) is 11.5 Å². The molecule has 0 bridgehead atoms. The molecule has 1 aromatic heterocycles. The van der Waals surface area contributed by atoms with Crippen LogP contribution in [0, 0.1) is 0 Å². The summed E-state index contributed by atoms with van der Waals surface area (Å²) < 4.78 is 32.1. The predicted octanol–water partition coefficient (Wildman–Crippen LogP) is 6.29. The molecule has 5 nitrogen and oxygen atoms in total. The third-order valence-corrected chi connectivity index (χ3v) is 6.82. The van der Waals surface area contributed by atoms with E-state index in [0.717, 1.165) is 4.47 Å². The molecule has 0 atom stereocenters. The lowest BCUT2D eigenvalue weighted by Crippen LogP contribution is -2.28. The van der Waals surface area contributed by atoms with E-state index in [1.54, 1.807) is 72.8 Å². The highest BCUT2D eigenvalue weighted by Gasteiger charge is 2.36. The number of fused-ring (bicyclic) bond motifs is 1. The maximum absolute atomic E-state index is 13.9. The molecule has 4 aromatic rings. The molecule has 146 valence electrons. The highest BCUT2D eigenvalue weighted by molar-refractivity contribution is 9.11. The van der Waals surface area contributed by atoms with Crippen molar-refractivity contribution in [3.63, 3.8) is 0 Å². The first kappa shape index (κ1) is 20.0. The molecule has 0 saturated heterocycles. The van der Waals surface area contributed by atoms with Gasteiger partial charge in [-0.25, -0.2) is 9.36 Å². The molecule has 0 saturated carbocycles. The Balaban J connectivity index is 1.89. The van der Waals surface area contributed by atoms with Crippen LogP contribution in [-0.2, 0) is 4.57 Å². The first-order valence-electron chi connectivity index (χ1n) is 8.47. The van der Waals surface area contributed by atoms with E-state index in [0.29, 0.717) is 26.9 Å². The zero-order valence-corrected chi connectivity index (χ0v) is 18.8. The largest absolute Gasteiger partial charge is 0.470 e. The maximum atomic E-state index is 13.9. The molecule has 4 rings (SSSR count). The van der Waals surface area contributed by atoms with Gasteiger partial charge in [0.2, 0.25) is 0 Å². The van der Waals surface area contributed by atoms with Crippen LogP contribution in [0.2, 0.25) is 0 Å². The van der Waals surface area contributed by atoms with E-state index in [-0.39, 0.29) is 5.30 Å². The number of para-hydroxylation sites is 2. The van der Waals surface area contributed by atoms with Gasteiger partial charge < -0.3 is 13.5 Å². The highest BCUT2D eigenvalue weighted by Crippen LogP contribution is 2.47. The molecule has 0 aliphatic carbocycles. The van der Waals surface area contributed by atoms with Gasteiger partial charge in [0.15, 0.2) is 10.9 Å². The summed E-state index contributed by atoms with van der Waals surface area (Å²) in [6.07, 6.45) is 0. The van der Waals surface area contributed by atoms with E-state index in [2.05, 4.69) is 31.9 Å². The van der Waals surface area contributed by atoms with Crippen molar-refractivity contribution in [2.24, 2.45) is 0 Å². The van der Waals surface area contributed by atoms with Gasteiger partial charge >= 0.3 is 13.2 Å². The molecule has 0 radical (unpaired) electrons. The number of halogens is 2. The fraction of sp³-hybridized carbons (Fsp3) is 0. The van der Waals surface area contributed by atoms with Crippen LogP contribution in [0.15, 0.2) is 97.0 Å². The molecular formula is C21H13Br2O5P. The van der Waals surface area contributed by atoms with Gasteiger partial charge in [0, 0.05) is 9.86 Å². The molecule has 0 unspecified atom stereocenters. The van der Waals surface area contributed by atoms with Crippen LogP contribution >= 0.6 is 39.5 Å². The van der Waals surface area contributed by atoms with Crippen LogP contribution in [-0.4, -0.2) is 0 Å². The normalized spacial score (nSPS) is 11.4. The Morgan fingerprint density at radius 3 is 1.90 bits per heavy atom. The van der Waals surface area contributed by atoms with E-state index in [4.69, 9.17) is 13.5 Å². The minimum Gasteiger partial charge on any atom is -0.421 e. The van der Waals surface area contributed by atoms with Crippen molar-refractivity contribution in [1.82, 2.24) is 0 Å². The molecule has 0 amide bonds. The molecule has 0 N–H and O–H groups in total. The van der Waals surface area contributed by atoms with E-state index in [9.17, 15) is 9.36 Å². The standard InChI is InChI=1S/C21H13Br2O5P/c22-15-11-14-12-19(21(24)26-20(14)18(23)13-15)29(25,27-16-7-3-1-4-8-16)28-17-9-5-2-6-10-17/h1-13H. The van der Waals surface area contributed by atoms with Crippen LogP contribution in [0.3, 0.4) is 0 Å². The number of hydrogen-bond donors (Lipinski definition) is 0. The summed E-state index contributed by atoms with van der Waals surface area (Å²) in [6, 6.07) is 22.1. The zero-order chi connectivity index (χ0) is 20.4. The van der Waals surface area contributed by atoms with Gasteiger partial charge in [-0.2, -0.15) is 0 Å². The van der Waals surface area contributed by atoms with Crippen molar-refractivity contribution in [1.29, 1.82) is 0 Å². The third-order valence-electron chi connectivity index (χ3n) is 3.97. The molecular weight excluding hydrogens is 523 g/mol. The van der Waals surface area contributed by atoms with Gasteiger partial charge in [0.1, 0.15) is 11.5 Å². The van der Waals surface area contributed by atoms with Crippen LogP contribution < -0.4 is 20.0 Å². The molecule has 29 heavy (non-hydrogen) atoms. The van der Waals surface area contributed by atoms with Gasteiger partial charge in [-0.15, -0.1) is 0 Å². The van der Waals surface area contributed by atoms with E-state index in [1.165, 1.54) is 6.07 Å². The summed E-state index contributed by atoms with van der Waals surface area (Å²) in [5, 5.41) is 0.372. The minimum absolute atomic E-state index is 0.192. The van der Waals surface area contributed by atoms with Gasteiger partial charge in [-0.05, 0) is 58.4 Å². The van der Waals surface area contributed by atoms with Gasteiger partial charge in [0.05, 0.1) is 4.47 Å². The lowest BCUT2D eigenvalue weighted by atomic mass is 10.2. The predicted molar refractivity (Wildman–Crippen MR) is 119 cm³/mol. The summed E-state index contributed by atoms with van der Waals surface area (Å²) in [4.78, 5) is 12.8. The summed E-state index contributed by atoms with van der Waals surface area (Å²) in [7, 11) is -4.12. The average molecular weight is 536 g/mol. The van der Waals surface area contributed by atoms with Crippen molar-refractivity contribution in [3.05, 3.63) is 98.2 Å². The van der Waals surface area contributed by atoms with Gasteiger partial charge in [-0.1, -0.05) is 52.3 Å². The smallest absolute Gasteiger partial charge is 0.421 e. The van der Waals surface area contributed by atoms with Gasteiger partial charge in [0.25, 0.3) is 0 Å². The Labute approximate surface area is 183 Å². The lowest BCUT2D eigenvalue weighted by molar-refractivity contribution is 0.397. The Kier molecular flexibility index (Phi) is 5.63. The molecule has 0 spiro atoms. The first-order chi connectivity index (χ1) is 13.9. The summed E-state index contributed by atoms with van der Waals surface area (Å²) in [5.74, 6) is 0.614. The quantitative estimate of drug-likeness (QED) is 0.222. The Morgan fingerprint density at radius 2 is 1.34 bits per heavy atom. The maximum Gasteiger partial charge on any atom is 0.470 e. The summed E-state index contributed by atoms with van der Waals surface area (Å²) in [6.45, 7) is 0. The monoisotopic (exact) mass is 534 g/mol. The molecule has 0 aliphatic heterocycles. The lowest BCUT2D eigenvalue weighted by Gasteiger charge is -2.19. The highest BCUT2D eigenvalue weighted by atomic mass is 79.9. The van der Waals surface area contributed by atoms with Crippen molar-refractivity contribution in [2.45, 2.75) is 0 Å². The summed E-state index contributed by atoms with van der Waals surface area (Å²) in [5.41, 5.74) is -0.455. The van der Waals surface area contributed by atoms with Crippen molar-refractivity contribution in [2.75, 3.05) is 0 Å². The third kappa shape index (κ3) is 4.32. The SMILES string of the molecule is O=c1oc2c(Br)cc(Br)cc2cc1P(=O)(Oc1ccccc1)Oc1ccccc1. The van der Waals surface area contributed by atoms with E-state index in [1.807, 2.05) is 0 Å². The fourth-order valence-electron chi connectivity index (χ4n) is 2.69. The molecule has 0 aliphatic rings. The average Bonchev–Trinajstić information content (AvgIpc) is 2.69. The molecule has 0 fully saturated rings. The van der Waals surface area contributed by atoms with Gasteiger partial charge in [-0.3, -0.25) is 0 Å². The van der Waals surface area contributed by atoms with E-state index < -0.39 is 13.2 Å². The van der Waals surface area contributed by atoms with Crippen LogP contribution in [0.1, 0.15) is 0 Å². The second kappa shape index (κ2) is 8.19.